The number of amides is 2. The number of nitrogens with zero attached hydrogens (tertiary/aromatic N) is 2. The maximum absolute atomic E-state index is 12.5. The van der Waals surface area contributed by atoms with Crippen molar-refractivity contribution in [1.82, 2.24) is 4.90 Å². The van der Waals surface area contributed by atoms with Gasteiger partial charge in [0.1, 0.15) is 0 Å². The van der Waals surface area contributed by atoms with Crippen molar-refractivity contribution in [2.75, 3.05) is 48.8 Å². The Hall–Kier alpha value is -3.29. The summed E-state index contributed by atoms with van der Waals surface area (Å²) in [6.45, 7) is 4.02. The van der Waals surface area contributed by atoms with Crippen LogP contribution >= 0.6 is 11.8 Å². The number of para-hydroxylation sites is 1. The summed E-state index contributed by atoms with van der Waals surface area (Å²) in [5.74, 6) is -1.40. The molecule has 2 amide bonds. The molecule has 0 radical (unpaired) electrons. The van der Waals surface area contributed by atoms with Gasteiger partial charge in [-0.2, -0.15) is 0 Å². The van der Waals surface area contributed by atoms with Crippen molar-refractivity contribution >= 4 is 40.6 Å². The quantitative estimate of drug-likeness (QED) is 0.576. The lowest BCUT2D eigenvalue weighted by atomic mass is 10.2. The van der Waals surface area contributed by atoms with Gasteiger partial charge in [0.15, 0.2) is 0 Å². The lowest BCUT2D eigenvalue weighted by Gasteiger charge is -2.34. The Kier molecular flexibility index (Phi) is 7.09. The molecule has 0 atom stereocenters. The van der Waals surface area contributed by atoms with Crippen LogP contribution in [0.2, 0.25) is 0 Å². The van der Waals surface area contributed by atoms with E-state index in [2.05, 4.69) is 27.5 Å². The summed E-state index contributed by atoms with van der Waals surface area (Å²) in [4.78, 5) is 31.5. The first-order chi connectivity index (χ1) is 15.6. The van der Waals surface area contributed by atoms with Gasteiger partial charge >= 0.3 is 11.8 Å². The molecule has 0 saturated carbocycles. The van der Waals surface area contributed by atoms with Crippen molar-refractivity contribution < 1.29 is 9.59 Å². The Morgan fingerprint density at radius 2 is 1.38 bits per heavy atom. The van der Waals surface area contributed by atoms with Gasteiger partial charge in [-0.25, -0.2) is 0 Å². The molecule has 0 bridgehead atoms. The van der Waals surface area contributed by atoms with Crippen molar-refractivity contribution in [3.05, 3.63) is 78.9 Å². The number of nitrogens with one attached hydrogen (secondary N) is 2. The molecule has 0 spiro atoms. The van der Waals surface area contributed by atoms with Gasteiger partial charge in [0.2, 0.25) is 0 Å². The molecule has 4 rings (SSSR count). The Morgan fingerprint density at radius 1 is 0.750 bits per heavy atom. The molecule has 3 aromatic carbocycles. The first kappa shape index (κ1) is 21.9. The second kappa shape index (κ2) is 10.3. The molecule has 0 aromatic heterocycles. The Balaban J connectivity index is 1.36. The van der Waals surface area contributed by atoms with Gasteiger partial charge in [-0.05, 0) is 55.6 Å². The van der Waals surface area contributed by atoms with Gasteiger partial charge < -0.3 is 20.4 Å². The van der Waals surface area contributed by atoms with Crippen molar-refractivity contribution in [2.24, 2.45) is 0 Å². The minimum Gasteiger partial charge on any atom is -0.369 e. The highest BCUT2D eigenvalue weighted by Crippen LogP contribution is 2.33. The number of hydrogen-bond acceptors (Lipinski definition) is 5. The summed E-state index contributed by atoms with van der Waals surface area (Å²) in [5.41, 5.74) is 2.31. The Bertz CT molecular complexity index is 1060. The van der Waals surface area contributed by atoms with Gasteiger partial charge in [-0.3, -0.25) is 9.59 Å². The lowest BCUT2D eigenvalue weighted by molar-refractivity contribution is -0.133. The number of likely N-dealkylation sites (N-methyl/N-ethyl adjacent to an activating group) is 1. The van der Waals surface area contributed by atoms with Gasteiger partial charge in [-0.15, -0.1) is 0 Å². The fraction of sp³-hybridized carbons (Fsp3) is 0.200. The van der Waals surface area contributed by atoms with Crippen LogP contribution in [0.1, 0.15) is 0 Å². The largest absolute Gasteiger partial charge is 0.369 e. The van der Waals surface area contributed by atoms with Crippen LogP contribution in [0.4, 0.5) is 17.1 Å². The van der Waals surface area contributed by atoms with E-state index in [9.17, 15) is 9.59 Å². The van der Waals surface area contributed by atoms with Crippen LogP contribution in [-0.4, -0.2) is 49.9 Å². The summed E-state index contributed by atoms with van der Waals surface area (Å²) < 4.78 is 0. The third kappa shape index (κ3) is 5.69. The summed E-state index contributed by atoms with van der Waals surface area (Å²) >= 11 is 1.53. The first-order valence-corrected chi connectivity index (χ1v) is 11.4. The highest BCUT2D eigenvalue weighted by molar-refractivity contribution is 7.99. The van der Waals surface area contributed by atoms with Crippen LogP contribution in [0.5, 0.6) is 0 Å². The fourth-order valence-corrected chi connectivity index (χ4v) is 4.38. The van der Waals surface area contributed by atoms with Gasteiger partial charge in [-0.1, -0.05) is 42.1 Å². The van der Waals surface area contributed by atoms with Crippen molar-refractivity contribution in [3.8, 4) is 0 Å². The molecule has 7 heteroatoms. The molecule has 1 fully saturated rings. The molecule has 32 heavy (non-hydrogen) atoms. The van der Waals surface area contributed by atoms with Crippen LogP contribution < -0.4 is 15.5 Å². The van der Waals surface area contributed by atoms with Gasteiger partial charge in [0.25, 0.3) is 0 Å². The van der Waals surface area contributed by atoms with E-state index in [0.29, 0.717) is 11.4 Å². The number of carbonyl (C=O) groups excluding carboxylic acids is 2. The lowest BCUT2D eigenvalue weighted by Crippen LogP contribution is -2.44. The number of piperazine rings is 1. The van der Waals surface area contributed by atoms with Crippen LogP contribution in [0.3, 0.4) is 0 Å². The SMILES string of the molecule is CN1CCN(c2ccc(NC(=O)C(=O)Nc3ccccc3Sc3ccccc3)cc2)CC1. The zero-order valence-electron chi connectivity index (χ0n) is 18.0. The predicted octanol–water partition coefficient (Wildman–Crippen LogP) is 4.17. The summed E-state index contributed by atoms with van der Waals surface area (Å²) in [6.07, 6.45) is 0. The number of carbonyl (C=O) groups is 2. The number of rotatable bonds is 5. The molecular formula is C25H26N4O2S. The van der Waals surface area contributed by atoms with E-state index in [0.717, 1.165) is 41.7 Å². The summed E-state index contributed by atoms with van der Waals surface area (Å²) in [5, 5.41) is 5.42. The average molecular weight is 447 g/mol. The third-order valence-electron chi connectivity index (χ3n) is 5.31. The molecule has 2 N–H and O–H groups in total. The zero-order valence-corrected chi connectivity index (χ0v) is 18.8. The molecule has 1 aliphatic heterocycles. The predicted molar refractivity (Wildman–Crippen MR) is 130 cm³/mol. The highest BCUT2D eigenvalue weighted by Gasteiger charge is 2.17. The Morgan fingerprint density at radius 3 is 2.09 bits per heavy atom. The van der Waals surface area contributed by atoms with Crippen LogP contribution in [0.15, 0.2) is 88.7 Å². The molecular weight excluding hydrogens is 420 g/mol. The molecule has 1 aliphatic rings. The van der Waals surface area contributed by atoms with E-state index in [4.69, 9.17) is 0 Å². The molecule has 164 valence electrons. The first-order valence-electron chi connectivity index (χ1n) is 10.6. The summed E-state index contributed by atoms with van der Waals surface area (Å²) in [7, 11) is 2.12. The smallest absolute Gasteiger partial charge is 0.314 e. The zero-order chi connectivity index (χ0) is 22.3. The van der Waals surface area contributed by atoms with Crippen molar-refractivity contribution in [1.29, 1.82) is 0 Å². The molecule has 1 saturated heterocycles. The van der Waals surface area contributed by atoms with E-state index in [1.54, 1.807) is 6.07 Å². The van der Waals surface area contributed by atoms with Crippen molar-refractivity contribution in [3.63, 3.8) is 0 Å². The molecule has 3 aromatic rings. The number of anilines is 3. The van der Waals surface area contributed by atoms with E-state index >= 15 is 0 Å². The van der Waals surface area contributed by atoms with E-state index in [1.165, 1.54) is 11.8 Å². The minimum absolute atomic E-state index is 0.593. The second-order valence-electron chi connectivity index (χ2n) is 7.66. The third-order valence-corrected chi connectivity index (χ3v) is 6.39. The number of benzene rings is 3. The monoisotopic (exact) mass is 446 g/mol. The highest BCUT2D eigenvalue weighted by atomic mass is 32.2. The van der Waals surface area contributed by atoms with E-state index in [1.807, 2.05) is 72.8 Å². The number of hydrogen-bond donors (Lipinski definition) is 2. The van der Waals surface area contributed by atoms with E-state index in [-0.39, 0.29) is 0 Å². The van der Waals surface area contributed by atoms with Crippen LogP contribution in [0, 0.1) is 0 Å². The molecule has 1 heterocycles. The molecule has 0 aliphatic carbocycles. The van der Waals surface area contributed by atoms with E-state index < -0.39 is 11.8 Å². The topological polar surface area (TPSA) is 64.7 Å². The molecule has 6 nitrogen and oxygen atoms in total. The Labute approximate surface area is 192 Å². The maximum Gasteiger partial charge on any atom is 0.314 e. The molecule has 0 unspecified atom stereocenters. The summed E-state index contributed by atoms with van der Waals surface area (Å²) in [6, 6.07) is 25.0. The van der Waals surface area contributed by atoms with Crippen LogP contribution in [0.25, 0.3) is 0 Å². The minimum atomic E-state index is -0.700. The standard InChI is InChI=1S/C25H26N4O2S/c1-28-15-17-29(18-16-28)20-13-11-19(12-14-20)26-24(30)25(31)27-22-9-5-6-10-23(22)32-21-7-3-2-4-8-21/h2-14H,15-18H2,1H3,(H,26,30)(H,27,31). The fourth-order valence-electron chi connectivity index (χ4n) is 3.46. The van der Waals surface area contributed by atoms with Crippen molar-refractivity contribution in [2.45, 2.75) is 9.79 Å². The van der Waals surface area contributed by atoms with Gasteiger partial charge in [0, 0.05) is 47.3 Å². The second-order valence-corrected chi connectivity index (χ2v) is 8.77. The normalized spacial score (nSPS) is 14.1. The average Bonchev–Trinajstić information content (AvgIpc) is 2.82. The van der Waals surface area contributed by atoms with Gasteiger partial charge in [0.05, 0.1) is 5.69 Å². The maximum atomic E-state index is 12.5. The van der Waals surface area contributed by atoms with Crippen LogP contribution in [-0.2, 0) is 9.59 Å².